The first-order valence-corrected chi connectivity index (χ1v) is 7.43. The molecule has 0 bridgehead atoms. The van der Waals surface area contributed by atoms with Crippen LogP contribution in [0.5, 0.6) is 6.01 Å². The predicted octanol–water partition coefficient (Wildman–Crippen LogP) is 3.31. The van der Waals surface area contributed by atoms with Crippen LogP contribution in [0.3, 0.4) is 0 Å². The summed E-state index contributed by atoms with van der Waals surface area (Å²) in [4.78, 5) is 20.8. The van der Waals surface area contributed by atoms with Crippen molar-refractivity contribution in [3.05, 3.63) is 46.8 Å². The second kappa shape index (κ2) is 7.02. The summed E-state index contributed by atoms with van der Waals surface area (Å²) in [5.41, 5.74) is 3.83. The van der Waals surface area contributed by atoms with Gasteiger partial charge in [0.1, 0.15) is 0 Å². The number of benzene rings is 1. The molecule has 5 heteroatoms. The van der Waals surface area contributed by atoms with Gasteiger partial charge in [-0.2, -0.15) is 9.97 Å². The third kappa shape index (κ3) is 3.61. The summed E-state index contributed by atoms with van der Waals surface area (Å²) in [7, 11) is 0. The van der Waals surface area contributed by atoms with E-state index in [0.29, 0.717) is 35.3 Å². The lowest BCUT2D eigenvalue weighted by molar-refractivity contribution is 0.102. The summed E-state index contributed by atoms with van der Waals surface area (Å²) >= 11 is 0. The van der Waals surface area contributed by atoms with E-state index in [1.165, 1.54) is 5.56 Å². The van der Waals surface area contributed by atoms with Crippen molar-refractivity contribution in [1.29, 1.82) is 0 Å². The summed E-state index contributed by atoms with van der Waals surface area (Å²) in [6.07, 6.45) is 0.951. The number of rotatable bonds is 5. The number of ether oxygens (including phenoxy) is 1. The molecule has 22 heavy (non-hydrogen) atoms. The first-order chi connectivity index (χ1) is 10.5. The number of nitrogens with one attached hydrogen (secondary N) is 1. The maximum atomic E-state index is 12.3. The molecule has 0 radical (unpaired) electrons. The fourth-order valence-electron chi connectivity index (χ4n) is 2.14. The second-order valence-electron chi connectivity index (χ2n) is 4.99. The van der Waals surface area contributed by atoms with Gasteiger partial charge in [-0.15, -0.1) is 0 Å². The first-order valence-electron chi connectivity index (χ1n) is 7.43. The maximum Gasteiger partial charge on any atom is 0.316 e. The van der Waals surface area contributed by atoms with Crippen molar-refractivity contribution in [3.8, 4) is 6.01 Å². The summed E-state index contributed by atoms with van der Waals surface area (Å²) < 4.78 is 5.30. The summed E-state index contributed by atoms with van der Waals surface area (Å²) in [6.45, 7) is 8.12. The van der Waals surface area contributed by atoms with E-state index in [1.54, 1.807) is 0 Å². The number of hydrogen-bond acceptors (Lipinski definition) is 4. The van der Waals surface area contributed by atoms with Gasteiger partial charge in [0.05, 0.1) is 23.7 Å². The van der Waals surface area contributed by atoms with Gasteiger partial charge in [0.15, 0.2) is 0 Å². The Morgan fingerprint density at radius 2 is 1.68 bits per heavy atom. The van der Waals surface area contributed by atoms with Gasteiger partial charge in [-0.1, -0.05) is 19.1 Å². The van der Waals surface area contributed by atoms with E-state index < -0.39 is 0 Å². The molecule has 2 aromatic rings. The Morgan fingerprint density at radius 1 is 1.09 bits per heavy atom. The molecule has 5 nitrogen and oxygen atoms in total. The molecule has 0 unspecified atom stereocenters. The molecule has 0 saturated heterocycles. The number of aromatic nitrogens is 2. The van der Waals surface area contributed by atoms with Gasteiger partial charge in [0.2, 0.25) is 0 Å². The topological polar surface area (TPSA) is 64.1 Å². The van der Waals surface area contributed by atoms with E-state index in [9.17, 15) is 4.79 Å². The molecule has 0 aliphatic rings. The van der Waals surface area contributed by atoms with Crippen LogP contribution in [0.25, 0.3) is 0 Å². The number of hydrogen-bond donors (Lipinski definition) is 1. The zero-order valence-corrected chi connectivity index (χ0v) is 13.4. The molecule has 0 aliphatic heterocycles. The molecule has 0 aliphatic carbocycles. The van der Waals surface area contributed by atoms with Crippen LogP contribution in [0.1, 0.15) is 41.2 Å². The van der Waals surface area contributed by atoms with E-state index in [1.807, 2.05) is 45.0 Å². The molecule has 1 N–H and O–H groups in total. The minimum absolute atomic E-state index is 0.165. The van der Waals surface area contributed by atoms with Gasteiger partial charge in [0, 0.05) is 5.56 Å². The number of nitrogens with zero attached hydrogens (tertiary/aromatic N) is 2. The van der Waals surface area contributed by atoms with Crippen molar-refractivity contribution in [2.75, 3.05) is 11.9 Å². The molecular formula is C17H21N3O2. The van der Waals surface area contributed by atoms with Crippen molar-refractivity contribution in [3.63, 3.8) is 0 Å². The van der Waals surface area contributed by atoms with Crippen molar-refractivity contribution in [1.82, 2.24) is 9.97 Å². The Labute approximate surface area is 130 Å². The van der Waals surface area contributed by atoms with Crippen molar-refractivity contribution < 1.29 is 9.53 Å². The number of carbonyl (C=O) groups excluding carboxylic acids is 1. The molecule has 0 atom stereocenters. The lowest BCUT2D eigenvalue weighted by Gasteiger charge is -2.12. The summed E-state index contributed by atoms with van der Waals surface area (Å²) in [6, 6.07) is 7.91. The monoisotopic (exact) mass is 299 g/mol. The zero-order valence-electron chi connectivity index (χ0n) is 13.4. The average Bonchev–Trinajstić information content (AvgIpc) is 2.51. The average molecular weight is 299 g/mol. The molecule has 1 aromatic heterocycles. The van der Waals surface area contributed by atoms with Crippen LogP contribution in [0.2, 0.25) is 0 Å². The summed E-state index contributed by atoms with van der Waals surface area (Å²) in [5, 5.41) is 2.88. The Bertz CT molecular complexity index is 643. The SMILES string of the molecule is CCOc1nc(C)c(NC(=O)c2ccc(CC)cc2)c(C)n1. The second-order valence-corrected chi connectivity index (χ2v) is 4.99. The van der Waals surface area contributed by atoms with Crippen LogP contribution in [-0.2, 0) is 6.42 Å². The standard InChI is InChI=1S/C17H21N3O2/c1-5-13-7-9-14(10-8-13)16(21)20-15-11(3)18-17(22-6-2)19-12(15)4/h7-10H,5-6H2,1-4H3,(H,20,21). The molecular weight excluding hydrogens is 278 g/mol. The van der Waals surface area contributed by atoms with Crippen LogP contribution in [0.15, 0.2) is 24.3 Å². The molecule has 0 fully saturated rings. The van der Waals surface area contributed by atoms with Crippen LogP contribution < -0.4 is 10.1 Å². The smallest absolute Gasteiger partial charge is 0.316 e. The summed E-state index contributed by atoms with van der Waals surface area (Å²) in [5.74, 6) is -0.165. The van der Waals surface area contributed by atoms with Gasteiger partial charge >= 0.3 is 6.01 Å². The Hall–Kier alpha value is -2.43. The number of amides is 1. The van der Waals surface area contributed by atoms with E-state index in [4.69, 9.17) is 4.74 Å². The number of anilines is 1. The molecule has 1 heterocycles. The zero-order chi connectivity index (χ0) is 16.1. The van der Waals surface area contributed by atoms with Gasteiger partial charge in [-0.25, -0.2) is 0 Å². The first kappa shape index (κ1) is 15.9. The Kier molecular flexibility index (Phi) is 5.09. The van der Waals surface area contributed by atoms with Crippen LogP contribution in [0, 0.1) is 13.8 Å². The highest BCUT2D eigenvalue weighted by molar-refractivity contribution is 6.04. The molecule has 1 aromatic carbocycles. The lowest BCUT2D eigenvalue weighted by Crippen LogP contribution is -2.15. The van der Waals surface area contributed by atoms with E-state index in [2.05, 4.69) is 22.2 Å². The van der Waals surface area contributed by atoms with Gasteiger partial charge < -0.3 is 10.1 Å². The predicted molar refractivity (Wildman–Crippen MR) is 86.4 cm³/mol. The third-order valence-corrected chi connectivity index (χ3v) is 3.39. The van der Waals surface area contributed by atoms with Crippen LogP contribution in [-0.4, -0.2) is 22.5 Å². The van der Waals surface area contributed by atoms with Crippen LogP contribution in [0.4, 0.5) is 5.69 Å². The van der Waals surface area contributed by atoms with Gasteiger partial charge in [-0.05, 0) is 44.9 Å². The van der Waals surface area contributed by atoms with Gasteiger partial charge in [0.25, 0.3) is 5.91 Å². The quantitative estimate of drug-likeness (QED) is 0.920. The maximum absolute atomic E-state index is 12.3. The van der Waals surface area contributed by atoms with E-state index in [-0.39, 0.29) is 5.91 Å². The number of aryl methyl sites for hydroxylation is 3. The van der Waals surface area contributed by atoms with E-state index >= 15 is 0 Å². The van der Waals surface area contributed by atoms with Crippen molar-refractivity contribution in [2.24, 2.45) is 0 Å². The van der Waals surface area contributed by atoms with Crippen molar-refractivity contribution in [2.45, 2.75) is 34.1 Å². The highest BCUT2D eigenvalue weighted by atomic mass is 16.5. The molecule has 1 amide bonds. The highest BCUT2D eigenvalue weighted by Gasteiger charge is 2.13. The largest absolute Gasteiger partial charge is 0.464 e. The van der Waals surface area contributed by atoms with Crippen molar-refractivity contribution >= 4 is 11.6 Å². The fourth-order valence-corrected chi connectivity index (χ4v) is 2.14. The highest BCUT2D eigenvalue weighted by Crippen LogP contribution is 2.20. The minimum Gasteiger partial charge on any atom is -0.464 e. The number of carbonyl (C=O) groups is 1. The van der Waals surface area contributed by atoms with E-state index in [0.717, 1.165) is 6.42 Å². The Balaban J connectivity index is 2.20. The fraction of sp³-hybridized carbons (Fsp3) is 0.353. The minimum atomic E-state index is -0.165. The van der Waals surface area contributed by atoms with Gasteiger partial charge in [-0.3, -0.25) is 4.79 Å². The van der Waals surface area contributed by atoms with Crippen LogP contribution >= 0.6 is 0 Å². The third-order valence-electron chi connectivity index (χ3n) is 3.39. The molecule has 116 valence electrons. The molecule has 0 spiro atoms. The molecule has 0 saturated carbocycles. The molecule has 2 rings (SSSR count). The normalized spacial score (nSPS) is 10.4. The lowest BCUT2D eigenvalue weighted by atomic mass is 10.1. The Morgan fingerprint density at radius 3 is 2.18 bits per heavy atom.